The predicted molar refractivity (Wildman–Crippen MR) is 103 cm³/mol. The van der Waals surface area contributed by atoms with Crippen LogP contribution in [0.2, 0.25) is 0 Å². The van der Waals surface area contributed by atoms with Crippen LogP contribution in [0.4, 0.5) is 0 Å². The first-order valence-corrected chi connectivity index (χ1v) is 9.44. The summed E-state index contributed by atoms with van der Waals surface area (Å²) >= 11 is 0. The Morgan fingerprint density at radius 1 is 1.07 bits per heavy atom. The first kappa shape index (κ1) is 19.1. The second kappa shape index (κ2) is 8.84. The summed E-state index contributed by atoms with van der Waals surface area (Å²) in [6.07, 6.45) is 3.82. The van der Waals surface area contributed by atoms with E-state index in [9.17, 15) is 4.79 Å². The van der Waals surface area contributed by atoms with Crippen LogP contribution in [0, 0.1) is 5.92 Å². The SMILES string of the molecule is COc1cc(OC)nc(C2CCCCC2C(=O)NC(C)c2ccccc2)n1. The Kier molecular flexibility index (Phi) is 6.27. The standard InChI is InChI=1S/C21H27N3O3/c1-14(15-9-5-4-6-10-15)22-21(25)17-12-8-7-11-16(17)20-23-18(26-2)13-19(24-20)27-3/h4-6,9-10,13-14,16-17H,7-8,11-12H2,1-3H3,(H,22,25). The molecule has 1 heterocycles. The quantitative estimate of drug-likeness (QED) is 0.841. The zero-order chi connectivity index (χ0) is 19.2. The number of nitrogens with zero attached hydrogens (tertiary/aromatic N) is 2. The number of carbonyl (C=O) groups excluding carboxylic acids is 1. The molecule has 27 heavy (non-hydrogen) atoms. The summed E-state index contributed by atoms with van der Waals surface area (Å²) in [5.74, 6) is 1.41. The monoisotopic (exact) mass is 369 g/mol. The third kappa shape index (κ3) is 4.56. The summed E-state index contributed by atoms with van der Waals surface area (Å²) in [6.45, 7) is 2.01. The molecule has 1 aliphatic carbocycles. The maximum atomic E-state index is 13.0. The van der Waals surface area contributed by atoms with E-state index in [2.05, 4.69) is 15.3 Å². The molecular formula is C21H27N3O3. The summed E-state index contributed by atoms with van der Waals surface area (Å²) in [5, 5.41) is 3.17. The van der Waals surface area contributed by atoms with Crippen LogP contribution in [-0.2, 0) is 4.79 Å². The average molecular weight is 369 g/mol. The van der Waals surface area contributed by atoms with Gasteiger partial charge in [0.05, 0.1) is 26.3 Å². The second-order valence-electron chi connectivity index (χ2n) is 6.95. The van der Waals surface area contributed by atoms with Crippen molar-refractivity contribution in [2.24, 2.45) is 5.92 Å². The van der Waals surface area contributed by atoms with Gasteiger partial charge in [0.25, 0.3) is 0 Å². The molecular weight excluding hydrogens is 342 g/mol. The largest absolute Gasteiger partial charge is 0.481 e. The highest BCUT2D eigenvalue weighted by molar-refractivity contribution is 5.80. The zero-order valence-corrected chi connectivity index (χ0v) is 16.1. The van der Waals surface area contributed by atoms with Crippen LogP contribution < -0.4 is 14.8 Å². The maximum absolute atomic E-state index is 13.0. The van der Waals surface area contributed by atoms with Crippen molar-refractivity contribution in [3.63, 3.8) is 0 Å². The van der Waals surface area contributed by atoms with E-state index in [1.54, 1.807) is 20.3 Å². The molecule has 1 fully saturated rings. The van der Waals surface area contributed by atoms with Crippen LogP contribution in [0.15, 0.2) is 36.4 Å². The molecule has 6 nitrogen and oxygen atoms in total. The van der Waals surface area contributed by atoms with E-state index >= 15 is 0 Å². The number of benzene rings is 1. The third-order valence-electron chi connectivity index (χ3n) is 5.21. The first-order chi connectivity index (χ1) is 13.1. The van der Waals surface area contributed by atoms with Crippen molar-refractivity contribution >= 4 is 5.91 Å². The molecule has 1 aromatic carbocycles. The molecule has 3 rings (SSSR count). The molecule has 1 aromatic heterocycles. The summed E-state index contributed by atoms with van der Waals surface area (Å²) < 4.78 is 10.5. The van der Waals surface area contributed by atoms with E-state index < -0.39 is 0 Å². The smallest absolute Gasteiger partial charge is 0.224 e. The van der Waals surface area contributed by atoms with Crippen molar-refractivity contribution in [1.29, 1.82) is 0 Å². The van der Waals surface area contributed by atoms with Gasteiger partial charge in [-0.1, -0.05) is 43.2 Å². The summed E-state index contributed by atoms with van der Waals surface area (Å²) in [6, 6.07) is 11.6. The van der Waals surface area contributed by atoms with Gasteiger partial charge in [-0.05, 0) is 25.3 Å². The lowest BCUT2D eigenvalue weighted by molar-refractivity contribution is -0.127. The maximum Gasteiger partial charge on any atom is 0.224 e. The fourth-order valence-electron chi connectivity index (χ4n) is 3.70. The van der Waals surface area contributed by atoms with E-state index in [0.29, 0.717) is 17.6 Å². The van der Waals surface area contributed by atoms with Gasteiger partial charge >= 0.3 is 0 Å². The number of hydrogen-bond acceptors (Lipinski definition) is 5. The molecule has 0 aliphatic heterocycles. The van der Waals surface area contributed by atoms with Gasteiger partial charge in [0.2, 0.25) is 17.7 Å². The number of hydrogen-bond donors (Lipinski definition) is 1. The normalized spacial score (nSPS) is 20.6. The molecule has 1 amide bonds. The number of aromatic nitrogens is 2. The van der Waals surface area contributed by atoms with Gasteiger partial charge in [-0.3, -0.25) is 4.79 Å². The minimum atomic E-state index is -0.151. The number of carbonyl (C=O) groups is 1. The van der Waals surface area contributed by atoms with Crippen molar-refractivity contribution < 1.29 is 14.3 Å². The van der Waals surface area contributed by atoms with Crippen LogP contribution in [0.3, 0.4) is 0 Å². The summed E-state index contributed by atoms with van der Waals surface area (Å²) in [7, 11) is 3.14. The molecule has 6 heteroatoms. The summed E-state index contributed by atoms with van der Waals surface area (Å²) in [5.41, 5.74) is 1.09. The van der Waals surface area contributed by atoms with Gasteiger partial charge in [-0.15, -0.1) is 0 Å². The highest BCUT2D eigenvalue weighted by Crippen LogP contribution is 2.38. The lowest BCUT2D eigenvalue weighted by atomic mass is 9.78. The number of methoxy groups -OCH3 is 2. The van der Waals surface area contributed by atoms with Crippen molar-refractivity contribution in [2.75, 3.05) is 14.2 Å². The van der Waals surface area contributed by atoms with Crippen LogP contribution in [0.25, 0.3) is 0 Å². The Balaban J connectivity index is 1.80. The number of amides is 1. The van der Waals surface area contributed by atoms with Gasteiger partial charge in [-0.25, -0.2) is 0 Å². The summed E-state index contributed by atoms with van der Waals surface area (Å²) in [4.78, 5) is 22.0. The minimum Gasteiger partial charge on any atom is -0.481 e. The molecule has 1 N–H and O–H groups in total. The van der Waals surface area contributed by atoms with Crippen molar-refractivity contribution in [2.45, 2.75) is 44.6 Å². The van der Waals surface area contributed by atoms with Crippen molar-refractivity contribution in [3.8, 4) is 11.8 Å². The molecule has 0 saturated heterocycles. The van der Waals surface area contributed by atoms with E-state index in [1.807, 2.05) is 37.3 Å². The highest BCUT2D eigenvalue weighted by atomic mass is 16.5. The third-order valence-corrected chi connectivity index (χ3v) is 5.21. The van der Waals surface area contributed by atoms with E-state index in [1.165, 1.54) is 0 Å². The molecule has 0 radical (unpaired) electrons. The molecule has 144 valence electrons. The fourth-order valence-corrected chi connectivity index (χ4v) is 3.70. The Morgan fingerprint density at radius 2 is 1.70 bits per heavy atom. The Labute approximate surface area is 160 Å². The van der Waals surface area contributed by atoms with Crippen LogP contribution in [-0.4, -0.2) is 30.1 Å². The first-order valence-electron chi connectivity index (χ1n) is 9.44. The Morgan fingerprint density at radius 3 is 2.33 bits per heavy atom. The number of nitrogens with one attached hydrogen (secondary N) is 1. The van der Waals surface area contributed by atoms with Gasteiger partial charge in [0.1, 0.15) is 5.82 Å². The van der Waals surface area contributed by atoms with Gasteiger partial charge in [0, 0.05) is 11.8 Å². The molecule has 0 bridgehead atoms. The van der Waals surface area contributed by atoms with Crippen LogP contribution in [0.1, 0.15) is 56.0 Å². The predicted octanol–water partition coefficient (Wildman–Crippen LogP) is 3.65. The highest BCUT2D eigenvalue weighted by Gasteiger charge is 2.35. The van der Waals surface area contributed by atoms with E-state index in [0.717, 1.165) is 31.2 Å². The van der Waals surface area contributed by atoms with Crippen molar-refractivity contribution in [1.82, 2.24) is 15.3 Å². The minimum absolute atomic E-state index is 0.0364. The fraction of sp³-hybridized carbons (Fsp3) is 0.476. The Hall–Kier alpha value is -2.63. The molecule has 3 atom stereocenters. The van der Waals surface area contributed by atoms with Crippen LogP contribution >= 0.6 is 0 Å². The average Bonchev–Trinajstić information content (AvgIpc) is 2.73. The zero-order valence-electron chi connectivity index (χ0n) is 16.1. The molecule has 2 aromatic rings. The Bertz CT molecular complexity index is 744. The number of rotatable bonds is 6. The molecule has 0 spiro atoms. The lowest BCUT2D eigenvalue weighted by Gasteiger charge is -2.30. The van der Waals surface area contributed by atoms with E-state index in [4.69, 9.17) is 9.47 Å². The topological polar surface area (TPSA) is 73.3 Å². The second-order valence-corrected chi connectivity index (χ2v) is 6.95. The van der Waals surface area contributed by atoms with Crippen LogP contribution in [0.5, 0.6) is 11.8 Å². The van der Waals surface area contributed by atoms with Gasteiger partial charge < -0.3 is 14.8 Å². The van der Waals surface area contributed by atoms with Gasteiger partial charge in [0.15, 0.2) is 0 Å². The van der Waals surface area contributed by atoms with Gasteiger partial charge in [-0.2, -0.15) is 9.97 Å². The molecule has 3 unspecified atom stereocenters. The van der Waals surface area contributed by atoms with Crippen molar-refractivity contribution in [3.05, 3.63) is 47.8 Å². The number of ether oxygens (including phenoxy) is 2. The molecule has 1 saturated carbocycles. The van der Waals surface area contributed by atoms with E-state index in [-0.39, 0.29) is 23.8 Å². The lowest BCUT2D eigenvalue weighted by Crippen LogP contribution is -2.37. The molecule has 1 aliphatic rings.